The van der Waals surface area contributed by atoms with E-state index in [2.05, 4.69) is 10.0 Å². The van der Waals surface area contributed by atoms with Crippen molar-refractivity contribution in [3.05, 3.63) is 29.8 Å². The molecule has 2 aliphatic rings. The first-order valence-corrected chi connectivity index (χ1v) is 13.5. The van der Waals surface area contributed by atoms with Gasteiger partial charge in [0.1, 0.15) is 6.04 Å². The Morgan fingerprint density at radius 3 is 2.24 bits per heavy atom. The first-order chi connectivity index (χ1) is 16.2. The highest BCUT2D eigenvalue weighted by atomic mass is 32.2. The predicted molar refractivity (Wildman–Crippen MR) is 128 cm³/mol. The number of sulfonamides is 1. The summed E-state index contributed by atoms with van der Waals surface area (Å²) in [6, 6.07) is 5.66. The van der Waals surface area contributed by atoms with Gasteiger partial charge in [-0.1, -0.05) is 31.5 Å². The van der Waals surface area contributed by atoms with Crippen molar-refractivity contribution in [3.63, 3.8) is 0 Å². The highest BCUT2D eigenvalue weighted by molar-refractivity contribution is 7.89. The lowest BCUT2D eigenvalue weighted by Crippen LogP contribution is -2.56. The molecule has 2 saturated heterocycles. The van der Waals surface area contributed by atoms with Crippen molar-refractivity contribution in [2.75, 3.05) is 32.8 Å². The van der Waals surface area contributed by atoms with Crippen LogP contribution in [0.4, 0.5) is 0 Å². The minimum Gasteiger partial charge on any atom is -0.376 e. The van der Waals surface area contributed by atoms with Gasteiger partial charge in [-0.3, -0.25) is 9.59 Å². The summed E-state index contributed by atoms with van der Waals surface area (Å²) in [5, 5.41) is 2.93. The van der Waals surface area contributed by atoms with Crippen LogP contribution in [-0.2, 0) is 29.1 Å². The van der Waals surface area contributed by atoms with Crippen LogP contribution in [0.5, 0.6) is 0 Å². The number of nitrogens with zero attached hydrogens (tertiary/aromatic N) is 1. The second kappa shape index (κ2) is 12.1. The van der Waals surface area contributed by atoms with E-state index in [1.165, 1.54) is 17.0 Å². The monoisotopic (exact) mass is 495 g/mol. The molecular formula is C24H37N3O6S. The van der Waals surface area contributed by atoms with E-state index >= 15 is 0 Å². The number of ether oxygens (including phenoxy) is 2. The average molecular weight is 496 g/mol. The van der Waals surface area contributed by atoms with Crippen molar-refractivity contribution < 1.29 is 27.5 Å². The highest BCUT2D eigenvalue weighted by Crippen LogP contribution is 2.19. The Bertz CT molecular complexity index is 923. The molecule has 1 aromatic rings. The summed E-state index contributed by atoms with van der Waals surface area (Å²) in [6.07, 6.45) is 3.36. The van der Waals surface area contributed by atoms with Crippen molar-refractivity contribution in [1.82, 2.24) is 14.9 Å². The lowest BCUT2D eigenvalue weighted by atomic mass is 10.00. The molecule has 10 heteroatoms. The highest BCUT2D eigenvalue weighted by Gasteiger charge is 2.35. The van der Waals surface area contributed by atoms with E-state index in [1.54, 1.807) is 12.1 Å². The van der Waals surface area contributed by atoms with Crippen molar-refractivity contribution in [1.29, 1.82) is 0 Å². The van der Waals surface area contributed by atoms with Gasteiger partial charge in [0.25, 0.3) is 0 Å². The third kappa shape index (κ3) is 7.24. The summed E-state index contributed by atoms with van der Waals surface area (Å²) in [6.45, 7) is 7.12. The van der Waals surface area contributed by atoms with Crippen LogP contribution < -0.4 is 10.0 Å². The SMILES string of the molecule is Cc1ccc(S(=O)(=O)NCC(=O)N(C[C@@H]2CCCO2)[C@H](C(=O)NC[C@@H]2CCCO2)C(C)C)cc1. The molecule has 34 heavy (non-hydrogen) atoms. The molecule has 0 aliphatic carbocycles. The van der Waals surface area contributed by atoms with E-state index in [9.17, 15) is 18.0 Å². The molecule has 2 amide bonds. The quantitative estimate of drug-likeness (QED) is 0.482. The maximum absolute atomic E-state index is 13.3. The fraction of sp³-hybridized carbons (Fsp3) is 0.667. The molecule has 3 atom stereocenters. The largest absolute Gasteiger partial charge is 0.376 e. The maximum Gasteiger partial charge on any atom is 0.243 e. The number of carbonyl (C=O) groups is 2. The topological polar surface area (TPSA) is 114 Å². The normalized spacial score (nSPS) is 21.5. The fourth-order valence-corrected chi connectivity index (χ4v) is 5.34. The van der Waals surface area contributed by atoms with Gasteiger partial charge in [-0.05, 0) is 50.7 Å². The number of hydrogen-bond acceptors (Lipinski definition) is 6. The Hall–Kier alpha value is -2.01. The smallest absolute Gasteiger partial charge is 0.243 e. The van der Waals surface area contributed by atoms with Crippen LogP contribution >= 0.6 is 0 Å². The standard InChI is InChI=1S/C24H37N3O6S/c1-17(2)23(24(29)25-14-19-6-4-12-32-19)27(16-20-7-5-13-33-20)22(28)15-26-34(30,31)21-10-8-18(3)9-11-21/h8-11,17,19-20,23,26H,4-7,12-16H2,1-3H3,(H,25,29)/t19-,20-,23-/m0/s1. The maximum atomic E-state index is 13.3. The van der Waals surface area contributed by atoms with Gasteiger partial charge in [0.15, 0.2) is 0 Å². The molecule has 0 spiro atoms. The Morgan fingerprint density at radius 2 is 1.68 bits per heavy atom. The number of aryl methyl sites for hydroxylation is 1. The van der Waals surface area contributed by atoms with Crippen LogP contribution in [0.15, 0.2) is 29.2 Å². The van der Waals surface area contributed by atoms with Gasteiger partial charge in [-0.25, -0.2) is 13.1 Å². The zero-order chi connectivity index (χ0) is 24.7. The van der Waals surface area contributed by atoms with Gasteiger partial charge < -0.3 is 19.7 Å². The van der Waals surface area contributed by atoms with E-state index in [0.717, 1.165) is 31.2 Å². The summed E-state index contributed by atoms with van der Waals surface area (Å²) in [5.74, 6) is -0.904. The number of carbonyl (C=O) groups excluding carboxylic acids is 2. The molecular weight excluding hydrogens is 458 g/mol. The van der Waals surface area contributed by atoms with Gasteiger partial charge in [0.05, 0.1) is 23.6 Å². The van der Waals surface area contributed by atoms with Crippen LogP contribution in [-0.4, -0.2) is 76.2 Å². The molecule has 2 aliphatic heterocycles. The number of nitrogens with one attached hydrogen (secondary N) is 2. The summed E-state index contributed by atoms with van der Waals surface area (Å²) < 4.78 is 39.1. The zero-order valence-electron chi connectivity index (χ0n) is 20.3. The molecule has 0 aromatic heterocycles. The molecule has 2 N–H and O–H groups in total. The van der Waals surface area contributed by atoms with E-state index in [-0.39, 0.29) is 35.5 Å². The molecule has 190 valence electrons. The first-order valence-electron chi connectivity index (χ1n) is 12.0. The van der Waals surface area contributed by atoms with E-state index in [0.29, 0.717) is 19.8 Å². The molecule has 0 saturated carbocycles. The van der Waals surface area contributed by atoms with Crippen molar-refractivity contribution >= 4 is 21.8 Å². The van der Waals surface area contributed by atoms with Gasteiger partial charge in [-0.2, -0.15) is 0 Å². The predicted octanol–water partition coefficient (Wildman–Crippen LogP) is 1.60. The number of hydrogen-bond donors (Lipinski definition) is 2. The van der Waals surface area contributed by atoms with Crippen LogP contribution in [0.2, 0.25) is 0 Å². The number of rotatable bonds is 11. The lowest BCUT2D eigenvalue weighted by molar-refractivity contribution is -0.143. The lowest BCUT2D eigenvalue weighted by Gasteiger charge is -2.35. The third-order valence-electron chi connectivity index (χ3n) is 6.25. The van der Waals surface area contributed by atoms with Crippen LogP contribution in [0, 0.1) is 12.8 Å². The second-order valence-corrected chi connectivity index (χ2v) is 11.2. The molecule has 0 bridgehead atoms. The zero-order valence-corrected chi connectivity index (χ0v) is 21.1. The van der Waals surface area contributed by atoms with E-state index < -0.39 is 28.5 Å². The Balaban J connectivity index is 1.71. The van der Waals surface area contributed by atoms with Gasteiger partial charge >= 0.3 is 0 Å². The van der Waals surface area contributed by atoms with E-state index in [1.807, 2.05) is 20.8 Å². The van der Waals surface area contributed by atoms with Crippen molar-refractivity contribution in [3.8, 4) is 0 Å². The summed E-state index contributed by atoms with van der Waals surface area (Å²) in [4.78, 5) is 28.1. The molecule has 9 nitrogen and oxygen atoms in total. The van der Waals surface area contributed by atoms with Crippen LogP contribution in [0.25, 0.3) is 0 Å². The number of amides is 2. The summed E-state index contributed by atoms with van der Waals surface area (Å²) in [7, 11) is -3.87. The first kappa shape index (κ1) is 26.6. The van der Waals surface area contributed by atoms with Crippen LogP contribution in [0.1, 0.15) is 45.1 Å². The minimum atomic E-state index is -3.87. The van der Waals surface area contributed by atoms with E-state index in [4.69, 9.17) is 9.47 Å². The summed E-state index contributed by atoms with van der Waals surface area (Å²) >= 11 is 0. The molecule has 0 unspecified atom stereocenters. The Morgan fingerprint density at radius 1 is 1.06 bits per heavy atom. The fourth-order valence-electron chi connectivity index (χ4n) is 4.37. The molecule has 0 radical (unpaired) electrons. The molecule has 3 rings (SSSR count). The molecule has 1 aromatic carbocycles. The van der Waals surface area contributed by atoms with Gasteiger partial charge in [-0.15, -0.1) is 0 Å². The number of benzene rings is 1. The van der Waals surface area contributed by atoms with Gasteiger partial charge in [0, 0.05) is 26.3 Å². The van der Waals surface area contributed by atoms with Gasteiger partial charge in [0.2, 0.25) is 21.8 Å². The average Bonchev–Trinajstić information content (AvgIpc) is 3.50. The minimum absolute atomic E-state index is 0.0135. The van der Waals surface area contributed by atoms with Crippen LogP contribution in [0.3, 0.4) is 0 Å². The molecule has 2 heterocycles. The third-order valence-corrected chi connectivity index (χ3v) is 7.67. The molecule has 2 fully saturated rings. The van der Waals surface area contributed by atoms with Crippen molar-refractivity contribution in [2.24, 2.45) is 5.92 Å². The Kier molecular flexibility index (Phi) is 9.47. The summed E-state index contributed by atoms with van der Waals surface area (Å²) in [5.41, 5.74) is 0.937. The second-order valence-electron chi connectivity index (χ2n) is 9.39. The Labute approximate surface area is 202 Å². The van der Waals surface area contributed by atoms with Crippen molar-refractivity contribution in [2.45, 2.75) is 69.6 Å².